The van der Waals surface area contributed by atoms with E-state index in [1.165, 1.54) is 27.4 Å². The van der Waals surface area contributed by atoms with Gasteiger partial charge in [0.15, 0.2) is 0 Å². The Kier molecular flexibility index (Phi) is 11.7. The van der Waals surface area contributed by atoms with Crippen LogP contribution in [0.5, 0.6) is 0 Å². The van der Waals surface area contributed by atoms with Gasteiger partial charge in [0.25, 0.3) is 0 Å². The average Bonchev–Trinajstić information content (AvgIpc) is 3.47. The molecule has 0 fully saturated rings. The summed E-state index contributed by atoms with van der Waals surface area (Å²) in [4.78, 5) is 9.33. The monoisotopic (exact) mass is 851 g/mol. The summed E-state index contributed by atoms with van der Waals surface area (Å²) in [6.07, 6.45) is 5.12. The summed E-state index contributed by atoms with van der Waals surface area (Å²) in [6.45, 7) is 18.3. The molecule has 7 aromatic rings. The van der Waals surface area contributed by atoms with E-state index in [4.69, 9.17) is 9.40 Å². The topological polar surface area (TPSA) is 38.9 Å². The van der Waals surface area contributed by atoms with E-state index in [9.17, 15) is 0 Å². The van der Waals surface area contributed by atoms with Crippen LogP contribution in [-0.2, 0) is 26.5 Å². The molecule has 0 N–H and O–H groups in total. The summed E-state index contributed by atoms with van der Waals surface area (Å²) < 4.78 is 6.33. The number of rotatable bonds is 7. The Morgan fingerprint density at radius 1 is 0.720 bits per heavy atom. The van der Waals surface area contributed by atoms with Gasteiger partial charge in [-0.25, -0.2) is 0 Å². The fourth-order valence-corrected chi connectivity index (χ4v) is 7.99. The molecule has 3 nitrogen and oxygen atoms in total. The SMILES string of the molecule is CC(C)c1ccnc(-c2[c-]ccc3c2oc2cc(-c4ccccc4)ccc23)c1.Cc1ccc[c-]c1-c1cc(CC(C)C)c([Si](C)(C)C)cn1.[Ir]. The molecule has 0 unspecified atom stereocenters. The number of hydrogen-bond acceptors (Lipinski definition) is 3. The first-order chi connectivity index (χ1) is 23.5. The van der Waals surface area contributed by atoms with Gasteiger partial charge < -0.3 is 14.4 Å². The maximum atomic E-state index is 6.33. The van der Waals surface area contributed by atoms with Crippen molar-refractivity contribution in [1.82, 2.24) is 9.97 Å². The molecule has 0 spiro atoms. The zero-order chi connectivity index (χ0) is 34.7. The van der Waals surface area contributed by atoms with E-state index in [1.54, 1.807) is 0 Å². The van der Waals surface area contributed by atoms with Gasteiger partial charge in [0.2, 0.25) is 0 Å². The van der Waals surface area contributed by atoms with Crippen molar-refractivity contribution >= 4 is 35.2 Å². The van der Waals surface area contributed by atoms with Crippen LogP contribution in [0.4, 0.5) is 0 Å². The molecule has 1 radical (unpaired) electrons. The molecule has 4 aromatic carbocycles. The molecule has 0 amide bonds. The molecule has 0 bridgehead atoms. The average molecular weight is 851 g/mol. The van der Waals surface area contributed by atoms with Gasteiger partial charge in [0, 0.05) is 37.9 Å². The van der Waals surface area contributed by atoms with Crippen LogP contribution < -0.4 is 5.19 Å². The number of pyridine rings is 2. The van der Waals surface area contributed by atoms with Gasteiger partial charge in [0.1, 0.15) is 5.58 Å². The number of hydrogen-bond donors (Lipinski definition) is 0. The standard InChI is InChI=1S/C26H20NO.C19H26NSi.Ir/c1-17(2)19-13-14-27-24(15-19)23-10-6-9-22-21-12-11-20(16-25(21)28-26(22)23)18-7-4-3-5-8-18;1-14(2)11-16-12-18(17-10-8-7-9-15(17)3)20-13-19(16)21(4,5)6;/h3-9,11-17H,1-2H3;7-9,12-14H,11H2,1-6H3;/q2*-1;. The van der Waals surface area contributed by atoms with Gasteiger partial charge in [-0.3, -0.25) is 0 Å². The van der Waals surface area contributed by atoms with Crippen molar-refractivity contribution in [3.05, 3.63) is 138 Å². The predicted molar refractivity (Wildman–Crippen MR) is 210 cm³/mol. The van der Waals surface area contributed by atoms with E-state index in [0.717, 1.165) is 56.4 Å². The van der Waals surface area contributed by atoms with E-state index >= 15 is 0 Å². The number of aryl methyl sites for hydroxylation is 1. The summed E-state index contributed by atoms with van der Waals surface area (Å²) in [7, 11) is -1.35. The third kappa shape index (κ3) is 8.24. The predicted octanol–water partition coefficient (Wildman–Crippen LogP) is 11.8. The van der Waals surface area contributed by atoms with Crippen molar-refractivity contribution in [1.29, 1.82) is 0 Å². The maximum Gasteiger partial charge on any atom is 0.121 e. The van der Waals surface area contributed by atoms with E-state index in [0.29, 0.717) is 11.8 Å². The number of aromatic nitrogens is 2. The maximum absolute atomic E-state index is 6.33. The Balaban J connectivity index is 0.000000199. The number of benzene rings is 4. The molecule has 0 saturated heterocycles. The molecule has 50 heavy (non-hydrogen) atoms. The van der Waals surface area contributed by atoms with Crippen LogP contribution in [0.15, 0.2) is 114 Å². The Morgan fingerprint density at radius 3 is 2.16 bits per heavy atom. The molecule has 0 aliphatic rings. The Morgan fingerprint density at radius 2 is 1.46 bits per heavy atom. The Labute approximate surface area is 312 Å². The van der Waals surface area contributed by atoms with Gasteiger partial charge in [-0.1, -0.05) is 131 Å². The quantitative estimate of drug-likeness (QED) is 0.118. The largest absolute Gasteiger partial charge is 0.501 e. The minimum Gasteiger partial charge on any atom is -0.501 e. The third-order valence-corrected chi connectivity index (χ3v) is 11.1. The van der Waals surface area contributed by atoms with Gasteiger partial charge in [-0.2, -0.15) is 0 Å². The van der Waals surface area contributed by atoms with Gasteiger partial charge in [0.05, 0.1) is 13.7 Å². The molecular formula is C45H46IrN2OSi-2. The van der Waals surface area contributed by atoms with Crippen LogP contribution in [0.1, 0.15) is 50.3 Å². The van der Waals surface area contributed by atoms with Crippen LogP contribution in [0.25, 0.3) is 55.6 Å². The van der Waals surface area contributed by atoms with Crippen molar-refractivity contribution in [2.75, 3.05) is 0 Å². The number of nitrogens with zero attached hydrogens (tertiary/aromatic N) is 2. The normalized spacial score (nSPS) is 11.5. The molecule has 3 aromatic heterocycles. The number of furan rings is 1. The fraction of sp³-hybridized carbons (Fsp3) is 0.244. The zero-order valence-electron chi connectivity index (χ0n) is 30.4. The summed E-state index contributed by atoms with van der Waals surface area (Å²) >= 11 is 0. The second kappa shape index (κ2) is 15.8. The summed E-state index contributed by atoms with van der Waals surface area (Å²) in [6, 6.07) is 40.1. The molecule has 0 atom stereocenters. The van der Waals surface area contributed by atoms with Crippen LogP contribution >= 0.6 is 0 Å². The van der Waals surface area contributed by atoms with E-state index < -0.39 is 8.07 Å². The molecule has 257 valence electrons. The van der Waals surface area contributed by atoms with Gasteiger partial charge in [-0.05, 0) is 58.1 Å². The fourth-order valence-electron chi connectivity index (χ4n) is 6.40. The molecule has 0 aliphatic heterocycles. The number of fused-ring (bicyclic) bond motifs is 3. The minimum absolute atomic E-state index is 0. The molecular weight excluding hydrogens is 805 g/mol. The molecule has 7 rings (SSSR count). The third-order valence-electron chi connectivity index (χ3n) is 8.99. The van der Waals surface area contributed by atoms with Crippen LogP contribution in [0, 0.1) is 25.0 Å². The summed E-state index contributed by atoms with van der Waals surface area (Å²) in [5, 5.41) is 3.71. The molecule has 5 heteroatoms. The summed E-state index contributed by atoms with van der Waals surface area (Å²) in [5.41, 5.74) is 12.0. The van der Waals surface area contributed by atoms with Crippen molar-refractivity contribution in [3.8, 4) is 33.6 Å². The Bertz CT molecular complexity index is 2210. The van der Waals surface area contributed by atoms with E-state index in [-0.39, 0.29) is 20.1 Å². The first-order valence-electron chi connectivity index (χ1n) is 17.4. The van der Waals surface area contributed by atoms with E-state index in [1.807, 2.05) is 30.5 Å². The first-order valence-corrected chi connectivity index (χ1v) is 20.9. The van der Waals surface area contributed by atoms with Crippen LogP contribution in [-0.4, -0.2) is 18.0 Å². The van der Waals surface area contributed by atoms with Crippen molar-refractivity contribution in [2.24, 2.45) is 5.92 Å². The summed E-state index contributed by atoms with van der Waals surface area (Å²) in [5.74, 6) is 1.11. The first kappa shape index (κ1) is 37.1. The minimum atomic E-state index is -1.35. The van der Waals surface area contributed by atoms with Crippen molar-refractivity contribution in [3.63, 3.8) is 0 Å². The van der Waals surface area contributed by atoms with Crippen molar-refractivity contribution in [2.45, 2.75) is 66.6 Å². The van der Waals surface area contributed by atoms with Crippen LogP contribution in [0.2, 0.25) is 19.6 Å². The van der Waals surface area contributed by atoms with Gasteiger partial charge in [-0.15, -0.1) is 53.6 Å². The van der Waals surface area contributed by atoms with Crippen LogP contribution in [0.3, 0.4) is 0 Å². The van der Waals surface area contributed by atoms with Crippen molar-refractivity contribution < 1.29 is 24.5 Å². The smallest absolute Gasteiger partial charge is 0.121 e. The molecule has 3 heterocycles. The zero-order valence-corrected chi connectivity index (χ0v) is 33.8. The molecule has 0 aliphatic carbocycles. The Hall–Kier alpha value is -4.15. The second-order valence-corrected chi connectivity index (χ2v) is 19.7. The molecule has 0 saturated carbocycles. The van der Waals surface area contributed by atoms with Gasteiger partial charge >= 0.3 is 0 Å². The second-order valence-electron chi connectivity index (χ2n) is 14.7. The van der Waals surface area contributed by atoms with E-state index in [2.05, 4.69) is 150 Å².